The molecule has 0 spiro atoms. The van der Waals surface area contributed by atoms with E-state index in [1.54, 1.807) is 6.07 Å². The molecule has 4 nitrogen and oxygen atoms in total. The zero-order chi connectivity index (χ0) is 15.0. The van der Waals surface area contributed by atoms with E-state index in [4.69, 9.17) is 14.6 Å². The minimum atomic E-state index is -0.972. The molecule has 1 N–H and O–H groups in total. The Kier molecular flexibility index (Phi) is 6.64. The van der Waals surface area contributed by atoms with Crippen molar-refractivity contribution >= 4 is 12.0 Å². The maximum absolute atomic E-state index is 10.5. The van der Waals surface area contributed by atoms with E-state index in [0.29, 0.717) is 18.1 Å². The summed E-state index contributed by atoms with van der Waals surface area (Å²) in [5, 5.41) is 8.64. The van der Waals surface area contributed by atoms with Gasteiger partial charge in [-0.1, -0.05) is 19.4 Å². The van der Waals surface area contributed by atoms with Crippen LogP contribution in [0.1, 0.15) is 39.2 Å². The molecule has 4 heteroatoms. The Morgan fingerprint density at radius 3 is 2.70 bits per heavy atom. The van der Waals surface area contributed by atoms with Gasteiger partial charge in [0.15, 0.2) is 11.5 Å². The Morgan fingerprint density at radius 1 is 1.35 bits per heavy atom. The lowest BCUT2D eigenvalue weighted by molar-refractivity contribution is -0.131. The summed E-state index contributed by atoms with van der Waals surface area (Å²) >= 11 is 0. The zero-order valence-corrected chi connectivity index (χ0v) is 12.3. The van der Waals surface area contributed by atoms with Gasteiger partial charge in [-0.05, 0) is 44.0 Å². The fourth-order valence-electron chi connectivity index (χ4n) is 1.84. The molecule has 0 aliphatic rings. The third kappa shape index (κ3) is 5.34. The van der Waals surface area contributed by atoms with Gasteiger partial charge >= 0.3 is 5.97 Å². The predicted molar refractivity (Wildman–Crippen MR) is 79.3 cm³/mol. The maximum Gasteiger partial charge on any atom is 0.328 e. The first-order valence-electron chi connectivity index (χ1n) is 6.91. The van der Waals surface area contributed by atoms with Gasteiger partial charge in [0.2, 0.25) is 0 Å². The minimum Gasteiger partial charge on any atom is -0.490 e. The number of aliphatic carboxylic acids is 1. The van der Waals surface area contributed by atoms with Gasteiger partial charge in [0.05, 0.1) is 12.7 Å². The molecule has 0 bridgehead atoms. The highest BCUT2D eigenvalue weighted by molar-refractivity contribution is 5.85. The lowest BCUT2D eigenvalue weighted by atomic mass is 10.1. The molecule has 1 unspecified atom stereocenters. The van der Waals surface area contributed by atoms with Crippen molar-refractivity contribution in [2.24, 2.45) is 0 Å². The molecular weight excluding hydrogens is 256 g/mol. The van der Waals surface area contributed by atoms with Crippen LogP contribution < -0.4 is 9.47 Å². The van der Waals surface area contributed by atoms with E-state index in [1.165, 1.54) is 6.08 Å². The highest BCUT2D eigenvalue weighted by Crippen LogP contribution is 2.30. The molecule has 1 rings (SSSR count). The summed E-state index contributed by atoms with van der Waals surface area (Å²) in [6.45, 7) is 6.57. The summed E-state index contributed by atoms with van der Waals surface area (Å²) < 4.78 is 11.4. The topological polar surface area (TPSA) is 55.8 Å². The third-order valence-corrected chi connectivity index (χ3v) is 2.71. The number of ether oxygens (including phenoxy) is 2. The van der Waals surface area contributed by atoms with Gasteiger partial charge in [-0.3, -0.25) is 0 Å². The van der Waals surface area contributed by atoms with Crippen LogP contribution in [0.15, 0.2) is 24.3 Å². The second kappa shape index (κ2) is 8.25. The molecule has 0 aliphatic heterocycles. The van der Waals surface area contributed by atoms with E-state index in [2.05, 4.69) is 6.92 Å². The van der Waals surface area contributed by atoms with Crippen LogP contribution in [-0.2, 0) is 4.79 Å². The standard InChI is InChI=1S/C16H22O4/c1-4-6-12(3)20-14-9-7-13(8-10-16(17)18)11-15(14)19-5-2/h7-12H,4-6H2,1-3H3,(H,17,18)/b10-8+. The van der Waals surface area contributed by atoms with E-state index >= 15 is 0 Å². The van der Waals surface area contributed by atoms with Crippen molar-refractivity contribution in [3.63, 3.8) is 0 Å². The first-order valence-corrected chi connectivity index (χ1v) is 6.91. The summed E-state index contributed by atoms with van der Waals surface area (Å²) in [7, 11) is 0. The first-order chi connectivity index (χ1) is 9.56. The molecular formula is C16H22O4. The summed E-state index contributed by atoms with van der Waals surface area (Å²) in [6, 6.07) is 5.42. The molecule has 0 saturated heterocycles. The molecule has 0 saturated carbocycles. The van der Waals surface area contributed by atoms with Crippen LogP contribution in [0.3, 0.4) is 0 Å². The molecule has 0 fully saturated rings. The van der Waals surface area contributed by atoms with Crippen molar-refractivity contribution in [1.29, 1.82) is 0 Å². The van der Waals surface area contributed by atoms with E-state index in [-0.39, 0.29) is 6.10 Å². The van der Waals surface area contributed by atoms with E-state index in [9.17, 15) is 4.79 Å². The monoisotopic (exact) mass is 278 g/mol. The number of hydrogen-bond donors (Lipinski definition) is 1. The quantitative estimate of drug-likeness (QED) is 0.736. The van der Waals surface area contributed by atoms with Crippen LogP contribution >= 0.6 is 0 Å². The molecule has 0 radical (unpaired) electrons. The van der Waals surface area contributed by atoms with E-state index in [0.717, 1.165) is 24.5 Å². The van der Waals surface area contributed by atoms with Crippen LogP contribution in [0.4, 0.5) is 0 Å². The van der Waals surface area contributed by atoms with Gasteiger partial charge in [0, 0.05) is 6.08 Å². The number of carboxylic acid groups (broad SMARTS) is 1. The Hall–Kier alpha value is -1.97. The van der Waals surface area contributed by atoms with Gasteiger partial charge in [0.25, 0.3) is 0 Å². The SMILES string of the molecule is CCCC(C)Oc1ccc(/C=C/C(=O)O)cc1OCC. The zero-order valence-electron chi connectivity index (χ0n) is 12.3. The Morgan fingerprint density at radius 2 is 2.10 bits per heavy atom. The summed E-state index contributed by atoms with van der Waals surface area (Å²) in [6.07, 6.45) is 4.80. The van der Waals surface area contributed by atoms with Crippen LogP contribution in [0.5, 0.6) is 11.5 Å². The first kappa shape index (κ1) is 16.1. The Labute approximate surface area is 120 Å². The fraction of sp³-hybridized carbons (Fsp3) is 0.438. The number of carbonyl (C=O) groups is 1. The molecule has 1 aromatic carbocycles. The second-order valence-electron chi connectivity index (χ2n) is 4.53. The van der Waals surface area contributed by atoms with Crippen LogP contribution in [0, 0.1) is 0 Å². The van der Waals surface area contributed by atoms with Crippen molar-refractivity contribution in [1.82, 2.24) is 0 Å². The summed E-state index contributed by atoms with van der Waals surface area (Å²) in [5.41, 5.74) is 0.770. The fourth-order valence-corrected chi connectivity index (χ4v) is 1.84. The van der Waals surface area contributed by atoms with E-state index in [1.807, 2.05) is 26.0 Å². The van der Waals surface area contributed by atoms with Gasteiger partial charge in [0.1, 0.15) is 0 Å². The van der Waals surface area contributed by atoms with Gasteiger partial charge in [-0.25, -0.2) is 4.79 Å². The Bertz CT molecular complexity index is 466. The highest BCUT2D eigenvalue weighted by atomic mass is 16.5. The highest BCUT2D eigenvalue weighted by Gasteiger charge is 2.09. The normalized spacial score (nSPS) is 12.3. The average Bonchev–Trinajstić information content (AvgIpc) is 2.39. The second-order valence-corrected chi connectivity index (χ2v) is 4.53. The van der Waals surface area contributed by atoms with Crippen molar-refractivity contribution in [2.45, 2.75) is 39.7 Å². The maximum atomic E-state index is 10.5. The third-order valence-electron chi connectivity index (χ3n) is 2.71. The lowest BCUT2D eigenvalue weighted by Crippen LogP contribution is -2.12. The van der Waals surface area contributed by atoms with Gasteiger partial charge in [-0.2, -0.15) is 0 Å². The number of benzene rings is 1. The number of hydrogen-bond acceptors (Lipinski definition) is 3. The smallest absolute Gasteiger partial charge is 0.328 e. The number of rotatable bonds is 8. The number of carboxylic acids is 1. The summed E-state index contributed by atoms with van der Waals surface area (Å²) in [5.74, 6) is 0.364. The molecule has 1 atom stereocenters. The average molecular weight is 278 g/mol. The largest absolute Gasteiger partial charge is 0.490 e. The van der Waals surface area contributed by atoms with E-state index < -0.39 is 5.97 Å². The Balaban J connectivity index is 2.92. The van der Waals surface area contributed by atoms with Crippen LogP contribution in [0.2, 0.25) is 0 Å². The minimum absolute atomic E-state index is 0.125. The van der Waals surface area contributed by atoms with Gasteiger partial charge in [-0.15, -0.1) is 0 Å². The van der Waals surface area contributed by atoms with Crippen LogP contribution in [0.25, 0.3) is 6.08 Å². The molecule has 0 heterocycles. The molecule has 20 heavy (non-hydrogen) atoms. The molecule has 0 amide bonds. The van der Waals surface area contributed by atoms with Crippen LogP contribution in [-0.4, -0.2) is 23.8 Å². The lowest BCUT2D eigenvalue weighted by Gasteiger charge is -2.17. The molecule has 110 valence electrons. The summed E-state index contributed by atoms with van der Waals surface area (Å²) in [4.78, 5) is 10.5. The van der Waals surface area contributed by atoms with Crippen molar-refractivity contribution < 1.29 is 19.4 Å². The molecule has 1 aromatic rings. The van der Waals surface area contributed by atoms with Crippen molar-refractivity contribution in [2.75, 3.05) is 6.61 Å². The van der Waals surface area contributed by atoms with Crippen molar-refractivity contribution in [3.8, 4) is 11.5 Å². The molecule has 0 aromatic heterocycles. The predicted octanol–water partition coefficient (Wildman–Crippen LogP) is 3.75. The molecule has 0 aliphatic carbocycles. The van der Waals surface area contributed by atoms with Crippen molar-refractivity contribution in [3.05, 3.63) is 29.8 Å². The van der Waals surface area contributed by atoms with Gasteiger partial charge < -0.3 is 14.6 Å².